The van der Waals surface area contributed by atoms with Crippen LogP contribution in [0.2, 0.25) is 0 Å². The first kappa shape index (κ1) is 12.4. The number of benzene rings is 1. The molecule has 19 heavy (non-hydrogen) atoms. The average Bonchev–Trinajstić information content (AvgIpc) is 2.82. The third kappa shape index (κ3) is 2.08. The summed E-state index contributed by atoms with van der Waals surface area (Å²) in [6.45, 7) is 6.35. The number of aryl methyl sites for hydroxylation is 3. The zero-order valence-corrected chi connectivity index (χ0v) is 12.8. The molecular formula is C16H15BrN2. The summed E-state index contributed by atoms with van der Waals surface area (Å²) in [6, 6.07) is 10.6. The van der Waals surface area contributed by atoms with Crippen LogP contribution in [0.4, 0.5) is 0 Å². The summed E-state index contributed by atoms with van der Waals surface area (Å²) in [7, 11) is 0. The molecule has 2 heterocycles. The van der Waals surface area contributed by atoms with Crippen molar-refractivity contribution in [3.05, 3.63) is 57.8 Å². The molecule has 2 nitrogen and oxygen atoms in total. The molecule has 0 fully saturated rings. The fourth-order valence-corrected chi connectivity index (χ4v) is 2.53. The van der Waals surface area contributed by atoms with Crippen LogP contribution < -0.4 is 0 Å². The van der Waals surface area contributed by atoms with Crippen molar-refractivity contribution < 1.29 is 0 Å². The van der Waals surface area contributed by atoms with Gasteiger partial charge in [-0.1, -0.05) is 12.1 Å². The van der Waals surface area contributed by atoms with E-state index in [0.29, 0.717) is 0 Å². The van der Waals surface area contributed by atoms with Gasteiger partial charge < -0.3 is 4.40 Å². The Bertz CT molecular complexity index is 772. The monoisotopic (exact) mass is 314 g/mol. The maximum Gasteiger partial charge on any atom is 0.137 e. The lowest BCUT2D eigenvalue weighted by molar-refractivity contribution is 1.08. The molecule has 0 unspecified atom stereocenters. The second-order valence-electron chi connectivity index (χ2n) is 4.92. The Labute approximate surface area is 121 Å². The van der Waals surface area contributed by atoms with E-state index in [1.165, 1.54) is 22.4 Å². The lowest BCUT2D eigenvalue weighted by atomic mass is 10.1. The summed E-state index contributed by atoms with van der Waals surface area (Å²) in [4.78, 5) is 4.70. The van der Waals surface area contributed by atoms with Crippen LogP contribution in [0.5, 0.6) is 0 Å². The van der Waals surface area contributed by atoms with E-state index in [2.05, 4.69) is 65.5 Å². The standard InChI is InChI=1S/C16H15BrN2/c1-10-4-5-13(8-11(10)2)15-9-19-12(3)14(17)6-7-16(19)18-15/h4-9H,1-3H3. The van der Waals surface area contributed by atoms with Crippen LogP contribution in [-0.2, 0) is 0 Å². The Morgan fingerprint density at radius 3 is 2.53 bits per heavy atom. The minimum atomic E-state index is 0.980. The first-order valence-corrected chi connectivity index (χ1v) is 7.07. The summed E-state index contributed by atoms with van der Waals surface area (Å²) in [5, 5.41) is 0. The van der Waals surface area contributed by atoms with Crippen molar-refractivity contribution in [2.45, 2.75) is 20.8 Å². The topological polar surface area (TPSA) is 17.3 Å². The van der Waals surface area contributed by atoms with E-state index in [-0.39, 0.29) is 0 Å². The summed E-state index contributed by atoms with van der Waals surface area (Å²) in [6.07, 6.45) is 2.10. The first-order chi connectivity index (χ1) is 9.06. The SMILES string of the molecule is Cc1ccc(-c2cn3c(C)c(Br)ccc3n2)cc1C. The fourth-order valence-electron chi connectivity index (χ4n) is 2.20. The molecule has 3 rings (SSSR count). The van der Waals surface area contributed by atoms with Crippen molar-refractivity contribution in [2.24, 2.45) is 0 Å². The van der Waals surface area contributed by atoms with Gasteiger partial charge in [0.05, 0.1) is 5.69 Å². The van der Waals surface area contributed by atoms with Crippen LogP contribution in [0.15, 0.2) is 41.0 Å². The summed E-state index contributed by atoms with van der Waals surface area (Å²) in [5.41, 5.74) is 6.94. The van der Waals surface area contributed by atoms with Crippen molar-refractivity contribution in [3.63, 3.8) is 0 Å². The molecule has 0 atom stereocenters. The van der Waals surface area contributed by atoms with Gasteiger partial charge in [0.25, 0.3) is 0 Å². The maximum absolute atomic E-state index is 4.70. The number of aromatic nitrogens is 2. The predicted octanol–water partition coefficient (Wildman–Crippen LogP) is 4.69. The van der Waals surface area contributed by atoms with E-state index in [9.17, 15) is 0 Å². The maximum atomic E-state index is 4.70. The number of rotatable bonds is 1. The minimum Gasteiger partial charge on any atom is -0.303 e. The minimum absolute atomic E-state index is 0.980. The number of hydrogen-bond donors (Lipinski definition) is 0. The van der Waals surface area contributed by atoms with Crippen LogP contribution >= 0.6 is 15.9 Å². The number of nitrogens with zero attached hydrogens (tertiary/aromatic N) is 2. The zero-order valence-electron chi connectivity index (χ0n) is 11.2. The summed E-state index contributed by atoms with van der Waals surface area (Å²) >= 11 is 3.55. The average molecular weight is 315 g/mol. The molecule has 0 aliphatic heterocycles. The number of hydrogen-bond acceptors (Lipinski definition) is 1. The molecule has 2 aromatic heterocycles. The van der Waals surface area contributed by atoms with E-state index in [1.54, 1.807) is 0 Å². The quantitative estimate of drug-likeness (QED) is 0.637. The highest BCUT2D eigenvalue weighted by atomic mass is 79.9. The lowest BCUT2D eigenvalue weighted by Crippen LogP contribution is -1.89. The van der Waals surface area contributed by atoms with Crippen molar-refractivity contribution >= 4 is 21.6 Å². The Balaban J connectivity index is 2.20. The Hall–Kier alpha value is -1.61. The van der Waals surface area contributed by atoms with Gasteiger partial charge in [0, 0.05) is 21.9 Å². The van der Waals surface area contributed by atoms with Crippen molar-refractivity contribution in [1.29, 1.82) is 0 Å². The molecule has 96 valence electrons. The summed E-state index contributed by atoms with van der Waals surface area (Å²) < 4.78 is 3.22. The van der Waals surface area contributed by atoms with Gasteiger partial charge in [0.1, 0.15) is 5.65 Å². The molecule has 3 heteroatoms. The number of pyridine rings is 1. The molecule has 0 radical (unpaired) electrons. The van der Waals surface area contributed by atoms with Crippen molar-refractivity contribution in [2.75, 3.05) is 0 Å². The smallest absolute Gasteiger partial charge is 0.137 e. The van der Waals surface area contributed by atoms with E-state index in [4.69, 9.17) is 4.98 Å². The van der Waals surface area contributed by atoms with Gasteiger partial charge in [-0.25, -0.2) is 4.98 Å². The van der Waals surface area contributed by atoms with Gasteiger partial charge in [-0.3, -0.25) is 0 Å². The molecule has 1 aromatic carbocycles. The van der Waals surface area contributed by atoms with Gasteiger partial charge in [-0.15, -0.1) is 0 Å². The second kappa shape index (κ2) is 4.49. The molecule has 0 aliphatic carbocycles. The number of imidazole rings is 1. The highest BCUT2D eigenvalue weighted by molar-refractivity contribution is 9.10. The van der Waals surface area contributed by atoms with Gasteiger partial charge in [0.2, 0.25) is 0 Å². The van der Waals surface area contributed by atoms with Crippen molar-refractivity contribution in [3.8, 4) is 11.3 Å². The molecule has 0 aliphatic rings. The van der Waals surface area contributed by atoms with Crippen LogP contribution in [0.1, 0.15) is 16.8 Å². The van der Waals surface area contributed by atoms with Gasteiger partial charge in [-0.05, 0) is 66.0 Å². The lowest BCUT2D eigenvalue weighted by Gasteiger charge is -2.02. The fraction of sp³-hybridized carbons (Fsp3) is 0.188. The van der Waals surface area contributed by atoms with Gasteiger partial charge in [0.15, 0.2) is 0 Å². The molecule has 3 aromatic rings. The van der Waals surface area contributed by atoms with E-state index >= 15 is 0 Å². The van der Waals surface area contributed by atoms with Crippen molar-refractivity contribution in [1.82, 2.24) is 9.38 Å². The predicted molar refractivity (Wildman–Crippen MR) is 82.5 cm³/mol. The molecule has 0 saturated heterocycles. The molecule has 0 N–H and O–H groups in total. The molecular weight excluding hydrogens is 300 g/mol. The number of fused-ring (bicyclic) bond motifs is 1. The van der Waals surface area contributed by atoms with Gasteiger partial charge >= 0.3 is 0 Å². The highest BCUT2D eigenvalue weighted by Crippen LogP contribution is 2.24. The van der Waals surface area contributed by atoms with E-state index in [0.717, 1.165) is 15.8 Å². The second-order valence-corrected chi connectivity index (χ2v) is 5.77. The van der Waals surface area contributed by atoms with Gasteiger partial charge in [-0.2, -0.15) is 0 Å². The number of halogens is 1. The summed E-state index contributed by atoms with van der Waals surface area (Å²) in [5.74, 6) is 0. The van der Waals surface area contributed by atoms with E-state index < -0.39 is 0 Å². The molecule has 0 spiro atoms. The molecule has 0 bridgehead atoms. The Morgan fingerprint density at radius 1 is 1.00 bits per heavy atom. The third-order valence-electron chi connectivity index (χ3n) is 3.62. The largest absolute Gasteiger partial charge is 0.303 e. The van der Waals surface area contributed by atoms with Crippen LogP contribution in [0.3, 0.4) is 0 Å². The Kier molecular flexibility index (Phi) is 2.94. The molecule has 0 amide bonds. The highest BCUT2D eigenvalue weighted by Gasteiger charge is 2.08. The molecule has 0 saturated carbocycles. The zero-order chi connectivity index (χ0) is 13.6. The van der Waals surface area contributed by atoms with E-state index in [1.807, 2.05) is 12.1 Å². The first-order valence-electron chi connectivity index (χ1n) is 6.28. The van der Waals surface area contributed by atoms with Crippen LogP contribution in [0, 0.1) is 20.8 Å². The normalized spacial score (nSPS) is 11.2. The van der Waals surface area contributed by atoms with Crippen LogP contribution in [0.25, 0.3) is 16.9 Å². The Morgan fingerprint density at radius 2 is 1.79 bits per heavy atom. The van der Waals surface area contributed by atoms with Crippen LogP contribution in [-0.4, -0.2) is 9.38 Å². The third-order valence-corrected chi connectivity index (χ3v) is 4.46.